The summed E-state index contributed by atoms with van der Waals surface area (Å²) in [6, 6.07) is 64.8. The zero-order valence-electron chi connectivity index (χ0n) is 35.1. The fraction of sp³-hybridized carbons (Fsp3) is 0.138. The highest BCUT2D eigenvalue weighted by atomic mass is 15.1. The van der Waals surface area contributed by atoms with E-state index in [9.17, 15) is 0 Å². The van der Waals surface area contributed by atoms with Gasteiger partial charge in [0.25, 0.3) is 0 Å². The van der Waals surface area contributed by atoms with Crippen molar-refractivity contribution in [2.24, 2.45) is 0 Å². The van der Waals surface area contributed by atoms with E-state index in [1.807, 2.05) is 0 Å². The SMILES string of the molecule is CC1(C)C2=CC(N(c3ccc(-c4ccccc4)cc3)c3ccc(-c4ccc(-n5c6ccccc6c6cn7c(c65)C(C)(C)c5ccccc5-7)cc4)cc3)=CCC2c2ccccc21. The van der Waals surface area contributed by atoms with Crippen molar-refractivity contribution in [2.45, 2.75) is 50.9 Å². The molecule has 2 aliphatic carbocycles. The van der Waals surface area contributed by atoms with Crippen molar-refractivity contribution in [1.29, 1.82) is 0 Å². The van der Waals surface area contributed by atoms with Crippen molar-refractivity contribution in [3.05, 3.63) is 228 Å². The average Bonchev–Trinajstić information content (AvgIpc) is 3.98. The first kappa shape index (κ1) is 35.8. The van der Waals surface area contributed by atoms with Crippen molar-refractivity contribution in [1.82, 2.24) is 9.13 Å². The Bertz CT molecular complexity index is 3240. The zero-order valence-corrected chi connectivity index (χ0v) is 35.1. The molecule has 12 rings (SSSR count). The lowest BCUT2D eigenvalue weighted by Crippen LogP contribution is -2.22. The number of benzene rings is 7. The molecule has 0 fully saturated rings. The molecular weight excluding hydrogens is 739 g/mol. The van der Waals surface area contributed by atoms with Crippen LogP contribution in [-0.4, -0.2) is 9.13 Å². The van der Waals surface area contributed by atoms with E-state index in [0.29, 0.717) is 5.92 Å². The first-order chi connectivity index (χ1) is 29.8. The number of rotatable bonds is 6. The molecule has 61 heavy (non-hydrogen) atoms. The van der Waals surface area contributed by atoms with Gasteiger partial charge in [-0.3, -0.25) is 0 Å². The summed E-state index contributed by atoms with van der Waals surface area (Å²) in [7, 11) is 0. The van der Waals surface area contributed by atoms with Crippen molar-refractivity contribution in [2.75, 3.05) is 4.90 Å². The molecule has 3 nitrogen and oxygen atoms in total. The summed E-state index contributed by atoms with van der Waals surface area (Å²) in [6.07, 6.45) is 8.28. The molecule has 3 heterocycles. The van der Waals surface area contributed by atoms with Crippen LogP contribution < -0.4 is 4.90 Å². The normalized spacial score (nSPS) is 16.8. The summed E-state index contributed by atoms with van der Waals surface area (Å²) in [5.74, 6) is 0.421. The standard InChI is InChI=1S/C58H47N3/c1-57(2)50-18-10-8-16-46(50)47-35-34-45(36-52(47)57)60(42-28-22-39(23-29-42)38-14-6-5-7-15-38)43-30-24-40(25-31-43)41-26-32-44(33-27-41)61-53-20-12-9-17-48(53)49-37-59-54-21-13-11-19-51(54)58(3,4)56(59)55(49)61/h5-34,36-37,47H,35H2,1-4H3. The summed E-state index contributed by atoms with van der Waals surface area (Å²) >= 11 is 0. The topological polar surface area (TPSA) is 13.1 Å². The molecule has 1 unspecified atom stereocenters. The van der Waals surface area contributed by atoms with E-state index in [0.717, 1.165) is 17.8 Å². The molecule has 1 atom stereocenters. The van der Waals surface area contributed by atoms with Gasteiger partial charge in [-0.05, 0) is 100.0 Å². The monoisotopic (exact) mass is 785 g/mol. The molecule has 0 saturated carbocycles. The Hall–Kier alpha value is -7.10. The highest BCUT2D eigenvalue weighted by Crippen LogP contribution is 2.54. The van der Waals surface area contributed by atoms with Gasteiger partial charge in [0.2, 0.25) is 0 Å². The van der Waals surface area contributed by atoms with Gasteiger partial charge >= 0.3 is 0 Å². The maximum atomic E-state index is 2.49. The predicted octanol–water partition coefficient (Wildman–Crippen LogP) is 15.0. The summed E-state index contributed by atoms with van der Waals surface area (Å²) in [5, 5.41) is 2.58. The van der Waals surface area contributed by atoms with E-state index in [4.69, 9.17) is 0 Å². The van der Waals surface area contributed by atoms with Crippen molar-refractivity contribution in [3.63, 3.8) is 0 Å². The summed E-state index contributed by atoms with van der Waals surface area (Å²) in [6.45, 7) is 9.53. The van der Waals surface area contributed by atoms with Crippen LogP contribution in [0, 0.1) is 0 Å². The Morgan fingerprint density at radius 2 is 1.10 bits per heavy atom. The van der Waals surface area contributed by atoms with E-state index >= 15 is 0 Å². The molecule has 1 aliphatic heterocycles. The third kappa shape index (κ3) is 5.29. The predicted molar refractivity (Wildman–Crippen MR) is 255 cm³/mol. The fourth-order valence-corrected chi connectivity index (χ4v) is 11.1. The van der Waals surface area contributed by atoms with Crippen molar-refractivity contribution in [3.8, 4) is 33.6 Å². The van der Waals surface area contributed by atoms with Crippen LogP contribution in [-0.2, 0) is 10.8 Å². The number of fused-ring (bicyclic) bond motifs is 10. The van der Waals surface area contributed by atoms with Crippen molar-refractivity contribution < 1.29 is 0 Å². The number of para-hydroxylation sites is 2. The number of anilines is 2. The number of allylic oxidation sites excluding steroid dienone is 3. The van der Waals surface area contributed by atoms with Gasteiger partial charge in [0.15, 0.2) is 0 Å². The van der Waals surface area contributed by atoms with Crippen LogP contribution in [0.3, 0.4) is 0 Å². The smallest absolute Gasteiger partial charge is 0.0763 e. The highest BCUT2D eigenvalue weighted by Gasteiger charge is 2.43. The molecule has 0 saturated heterocycles. The Morgan fingerprint density at radius 3 is 1.80 bits per heavy atom. The lowest BCUT2D eigenvalue weighted by molar-refractivity contribution is 0.609. The van der Waals surface area contributed by atoms with Gasteiger partial charge in [0.1, 0.15) is 0 Å². The van der Waals surface area contributed by atoms with E-state index in [1.165, 1.54) is 89.1 Å². The molecule has 0 amide bonds. The van der Waals surface area contributed by atoms with Gasteiger partial charge in [-0.1, -0.05) is 167 Å². The second-order valence-electron chi connectivity index (χ2n) is 18.2. The van der Waals surface area contributed by atoms with Crippen LogP contribution in [0.4, 0.5) is 11.4 Å². The van der Waals surface area contributed by atoms with E-state index in [2.05, 4.69) is 236 Å². The molecule has 9 aromatic rings. The van der Waals surface area contributed by atoms with Gasteiger partial charge in [-0.2, -0.15) is 0 Å². The molecular formula is C58H47N3. The van der Waals surface area contributed by atoms with E-state index < -0.39 is 0 Å². The number of hydrogen-bond acceptors (Lipinski definition) is 1. The lowest BCUT2D eigenvalue weighted by atomic mass is 9.78. The van der Waals surface area contributed by atoms with E-state index in [1.54, 1.807) is 0 Å². The van der Waals surface area contributed by atoms with Crippen LogP contribution >= 0.6 is 0 Å². The molecule has 0 N–H and O–H groups in total. The van der Waals surface area contributed by atoms with Gasteiger partial charge < -0.3 is 14.0 Å². The maximum Gasteiger partial charge on any atom is 0.0763 e. The molecule has 3 heteroatoms. The first-order valence-corrected chi connectivity index (χ1v) is 21.7. The second kappa shape index (κ2) is 13.2. The van der Waals surface area contributed by atoms with Crippen molar-refractivity contribution >= 4 is 33.2 Å². The number of aromatic nitrogens is 2. The van der Waals surface area contributed by atoms with Crippen LogP contribution in [0.5, 0.6) is 0 Å². The number of nitrogens with zero attached hydrogens (tertiary/aromatic N) is 3. The molecule has 0 bridgehead atoms. The van der Waals surface area contributed by atoms with Crippen LogP contribution in [0.1, 0.15) is 62.4 Å². The summed E-state index contributed by atoms with van der Waals surface area (Å²) in [5.41, 5.74) is 20.3. The van der Waals surface area contributed by atoms with Gasteiger partial charge in [0, 0.05) is 62.2 Å². The minimum Gasteiger partial charge on any atom is -0.317 e. The first-order valence-electron chi connectivity index (χ1n) is 21.7. The quantitative estimate of drug-likeness (QED) is 0.164. The highest BCUT2D eigenvalue weighted by molar-refractivity contribution is 6.11. The largest absolute Gasteiger partial charge is 0.317 e. The third-order valence-corrected chi connectivity index (χ3v) is 14.1. The van der Waals surface area contributed by atoms with Gasteiger partial charge in [-0.15, -0.1) is 0 Å². The van der Waals surface area contributed by atoms with Crippen LogP contribution in [0.25, 0.3) is 55.4 Å². The van der Waals surface area contributed by atoms with E-state index in [-0.39, 0.29) is 10.8 Å². The van der Waals surface area contributed by atoms with Crippen LogP contribution in [0.15, 0.2) is 206 Å². The minimum atomic E-state index is -0.131. The summed E-state index contributed by atoms with van der Waals surface area (Å²) in [4.78, 5) is 2.45. The molecule has 3 aliphatic rings. The average molecular weight is 786 g/mol. The minimum absolute atomic E-state index is 0.0265. The molecule has 2 aromatic heterocycles. The third-order valence-electron chi connectivity index (χ3n) is 14.1. The van der Waals surface area contributed by atoms with Gasteiger partial charge in [0.05, 0.1) is 16.7 Å². The zero-order chi connectivity index (χ0) is 41.0. The molecule has 0 radical (unpaired) electrons. The van der Waals surface area contributed by atoms with Crippen LogP contribution in [0.2, 0.25) is 0 Å². The Morgan fingerprint density at radius 1 is 0.525 bits per heavy atom. The Balaban J connectivity index is 0.914. The fourth-order valence-electron chi connectivity index (χ4n) is 11.1. The molecule has 0 spiro atoms. The Labute approximate surface area is 358 Å². The summed E-state index contributed by atoms with van der Waals surface area (Å²) < 4.78 is 4.92. The Kier molecular flexibility index (Phi) is 7.75. The number of hydrogen-bond donors (Lipinski definition) is 0. The maximum absolute atomic E-state index is 2.49. The lowest BCUT2D eigenvalue weighted by Gasteiger charge is -2.33. The van der Waals surface area contributed by atoms with Gasteiger partial charge in [-0.25, -0.2) is 0 Å². The molecule has 7 aromatic carbocycles. The second-order valence-corrected chi connectivity index (χ2v) is 18.2. The molecule has 294 valence electrons.